The molecule has 0 bridgehead atoms. The second-order valence-electron chi connectivity index (χ2n) is 7.40. The van der Waals surface area contributed by atoms with E-state index in [9.17, 15) is 13.2 Å². The van der Waals surface area contributed by atoms with Crippen LogP contribution in [0.25, 0.3) is 0 Å². The Morgan fingerprint density at radius 1 is 1.25 bits per heavy atom. The van der Waals surface area contributed by atoms with Gasteiger partial charge in [0.15, 0.2) is 5.60 Å². The highest BCUT2D eigenvalue weighted by Gasteiger charge is 2.53. The third-order valence-electron chi connectivity index (χ3n) is 5.69. The average molecular weight is 397 g/mol. The van der Waals surface area contributed by atoms with E-state index in [1.165, 1.54) is 5.56 Å². The lowest BCUT2D eigenvalue weighted by atomic mass is 10.0. The van der Waals surface area contributed by atoms with Gasteiger partial charge in [0.25, 0.3) is 0 Å². The van der Waals surface area contributed by atoms with E-state index in [0.717, 1.165) is 24.7 Å². The molecule has 1 aliphatic carbocycles. The number of benzene rings is 1. The predicted octanol–water partition coefficient (Wildman–Crippen LogP) is 2.57. The largest absolute Gasteiger partial charge is 0.496 e. The van der Waals surface area contributed by atoms with Crippen molar-refractivity contribution < 1.29 is 22.6 Å². The van der Waals surface area contributed by atoms with Gasteiger partial charge in [0.1, 0.15) is 5.75 Å². The Kier molecular flexibility index (Phi) is 4.68. The van der Waals surface area contributed by atoms with Gasteiger partial charge in [-0.2, -0.15) is 13.2 Å². The summed E-state index contributed by atoms with van der Waals surface area (Å²) >= 11 is 0. The maximum Gasteiger partial charge on any atom is 0.417 e. The molecule has 2 heterocycles. The maximum absolute atomic E-state index is 13.3. The van der Waals surface area contributed by atoms with Crippen LogP contribution < -0.4 is 9.64 Å². The number of methoxy groups -OCH3 is 1. The zero-order valence-corrected chi connectivity index (χ0v) is 15.7. The molecular formula is C18H22F3N5O2. The fraction of sp³-hybridized carbons (Fsp3) is 0.611. The first-order valence-electron chi connectivity index (χ1n) is 9.20. The fourth-order valence-electron chi connectivity index (χ4n) is 3.93. The van der Waals surface area contributed by atoms with E-state index in [-0.39, 0.29) is 25.6 Å². The third-order valence-corrected chi connectivity index (χ3v) is 5.69. The molecule has 10 heteroatoms. The van der Waals surface area contributed by atoms with Gasteiger partial charge in [0.2, 0.25) is 5.95 Å². The molecule has 1 saturated heterocycles. The molecule has 1 fully saturated rings. The number of rotatable bonds is 3. The van der Waals surface area contributed by atoms with Crippen molar-refractivity contribution in [2.45, 2.75) is 44.0 Å². The van der Waals surface area contributed by atoms with Gasteiger partial charge in [-0.1, -0.05) is 17.2 Å². The van der Waals surface area contributed by atoms with Crippen molar-refractivity contribution in [3.8, 4) is 5.75 Å². The van der Waals surface area contributed by atoms with E-state index in [1.807, 2.05) is 12.1 Å². The Bertz CT molecular complexity index is 856. The van der Waals surface area contributed by atoms with Gasteiger partial charge in [0, 0.05) is 19.5 Å². The SMILES string of the molecule is COc1cccc2c1CC(n1nnnc1N1CCOC(C)(C(F)(F)F)CC1)C2. The predicted molar refractivity (Wildman–Crippen MR) is 94.5 cm³/mol. The Hall–Kier alpha value is -2.36. The number of halogens is 3. The lowest BCUT2D eigenvalue weighted by Gasteiger charge is -2.30. The fourth-order valence-corrected chi connectivity index (χ4v) is 3.93. The van der Waals surface area contributed by atoms with Crippen LogP contribution in [0.5, 0.6) is 5.75 Å². The van der Waals surface area contributed by atoms with Crippen LogP contribution in [0.4, 0.5) is 19.1 Å². The molecule has 2 aliphatic rings. The molecule has 1 aromatic heterocycles. The molecule has 152 valence electrons. The molecule has 28 heavy (non-hydrogen) atoms. The molecule has 0 radical (unpaired) electrons. The summed E-state index contributed by atoms with van der Waals surface area (Å²) in [4.78, 5) is 1.78. The van der Waals surface area contributed by atoms with E-state index < -0.39 is 11.8 Å². The second-order valence-corrected chi connectivity index (χ2v) is 7.40. The van der Waals surface area contributed by atoms with Crippen LogP contribution in [0.1, 0.15) is 30.5 Å². The van der Waals surface area contributed by atoms with Gasteiger partial charge in [0.05, 0.1) is 19.8 Å². The topological polar surface area (TPSA) is 65.3 Å². The molecule has 0 amide bonds. The summed E-state index contributed by atoms with van der Waals surface area (Å²) in [5.74, 6) is 1.31. The average Bonchev–Trinajstić information content (AvgIpc) is 3.25. The molecule has 4 rings (SSSR count). The van der Waals surface area contributed by atoms with E-state index in [0.29, 0.717) is 18.9 Å². The lowest BCUT2D eigenvalue weighted by molar-refractivity contribution is -0.269. The highest BCUT2D eigenvalue weighted by molar-refractivity contribution is 5.45. The van der Waals surface area contributed by atoms with Gasteiger partial charge < -0.3 is 14.4 Å². The van der Waals surface area contributed by atoms with E-state index in [2.05, 4.69) is 21.6 Å². The van der Waals surface area contributed by atoms with Crippen molar-refractivity contribution >= 4 is 5.95 Å². The van der Waals surface area contributed by atoms with Crippen molar-refractivity contribution in [1.29, 1.82) is 0 Å². The van der Waals surface area contributed by atoms with Crippen molar-refractivity contribution in [3.05, 3.63) is 29.3 Å². The summed E-state index contributed by atoms with van der Waals surface area (Å²) in [6.07, 6.45) is -3.14. The van der Waals surface area contributed by atoms with Crippen LogP contribution in [-0.4, -0.2) is 58.8 Å². The number of aromatic nitrogens is 4. The summed E-state index contributed by atoms with van der Waals surface area (Å²) in [7, 11) is 1.64. The van der Waals surface area contributed by atoms with Crippen molar-refractivity contribution in [2.24, 2.45) is 0 Å². The number of hydrogen-bond acceptors (Lipinski definition) is 6. The van der Waals surface area contributed by atoms with Crippen LogP contribution in [0.2, 0.25) is 0 Å². The zero-order valence-electron chi connectivity index (χ0n) is 15.7. The first-order valence-corrected chi connectivity index (χ1v) is 9.20. The molecule has 2 unspecified atom stereocenters. The standard InChI is InChI=1S/C18H22F3N5O2/c1-17(18(19,20)21)6-7-25(8-9-28-17)16-22-23-24-26(16)13-10-12-4-3-5-15(27-2)14(12)11-13/h3-5,13H,6-11H2,1-2H3. The first kappa shape index (κ1) is 19.0. The normalized spacial score (nSPS) is 25.5. The molecule has 1 aromatic carbocycles. The van der Waals surface area contributed by atoms with Gasteiger partial charge in [-0.05, 0) is 47.4 Å². The monoisotopic (exact) mass is 397 g/mol. The minimum Gasteiger partial charge on any atom is -0.496 e. The number of fused-ring (bicyclic) bond motifs is 1. The van der Waals surface area contributed by atoms with E-state index in [1.54, 1.807) is 16.7 Å². The van der Waals surface area contributed by atoms with Crippen LogP contribution in [0, 0.1) is 0 Å². The number of nitrogens with zero attached hydrogens (tertiary/aromatic N) is 5. The number of alkyl halides is 3. The Labute approximate surface area is 160 Å². The zero-order chi connectivity index (χ0) is 19.9. The molecule has 2 aromatic rings. The Morgan fingerprint density at radius 3 is 2.82 bits per heavy atom. The number of tetrazole rings is 1. The Balaban J connectivity index is 1.54. The van der Waals surface area contributed by atoms with Gasteiger partial charge in [-0.25, -0.2) is 4.68 Å². The van der Waals surface area contributed by atoms with Crippen molar-refractivity contribution in [2.75, 3.05) is 31.7 Å². The van der Waals surface area contributed by atoms with Crippen molar-refractivity contribution in [1.82, 2.24) is 20.2 Å². The van der Waals surface area contributed by atoms with Gasteiger partial charge >= 0.3 is 6.18 Å². The van der Waals surface area contributed by atoms with Crippen LogP contribution in [0.15, 0.2) is 18.2 Å². The number of ether oxygens (including phenoxy) is 2. The van der Waals surface area contributed by atoms with E-state index in [4.69, 9.17) is 9.47 Å². The number of anilines is 1. The molecule has 0 N–H and O–H groups in total. The van der Waals surface area contributed by atoms with Crippen LogP contribution in [-0.2, 0) is 17.6 Å². The molecule has 0 saturated carbocycles. The third kappa shape index (κ3) is 3.19. The molecule has 0 spiro atoms. The summed E-state index contributed by atoms with van der Waals surface area (Å²) in [5.41, 5.74) is 0.145. The molecule has 2 atom stereocenters. The second kappa shape index (κ2) is 6.91. The van der Waals surface area contributed by atoms with Crippen LogP contribution in [0.3, 0.4) is 0 Å². The smallest absolute Gasteiger partial charge is 0.417 e. The lowest BCUT2D eigenvalue weighted by Crippen LogP contribution is -2.45. The Morgan fingerprint density at radius 2 is 2.07 bits per heavy atom. The van der Waals surface area contributed by atoms with Crippen molar-refractivity contribution in [3.63, 3.8) is 0 Å². The highest BCUT2D eigenvalue weighted by atomic mass is 19.4. The summed E-state index contributed by atoms with van der Waals surface area (Å²) in [6, 6.07) is 5.92. The summed E-state index contributed by atoms with van der Waals surface area (Å²) in [5, 5.41) is 12.0. The van der Waals surface area contributed by atoms with Crippen LogP contribution >= 0.6 is 0 Å². The minimum atomic E-state index is -4.42. The number of hydrogen-bond donors (Lipinski definition) is 0. The maximum atomic E-state index is 13.3. The summed E-state index contributed by atoms with van der Waals surface area (Å²) < 4.78 is 52.3. The summed E-state index contributed by atoms with van der Waals surface area (Å²) in [6.45, 7) is 1.52. The quantitative estimate of drug-likeness (QED) is 0.793. The molecule has 7 nitrogen and oxygen atoms in total. The van der Waals surface area contributed by atoms with E-state index >= 15 is 0 Å². The van der Waals surface area contributed by atoms with Gasteiger partial charge in [-0.15, -0.1) is 0 Å². The van der Waals surface area contributed by atoms with Gasteiger partial charge in [-0.3, -0.25) is 0 Å². The molecule has 1 aliphatic heterocycles. The first-order chi connectivity index (χ1) is 13.3. The highest BCUT2D eigenvalue weighted by Crippen LogP contribution is 2.39. The molecular weight excluding hydrogens is 375 g/mol. The minimum absolute atomic E-state index is 0.00512.